The Morgan fingerprint density at radius 3 is 1.86 bits per heavy atom. The molecule has 0 spiro atoms. The average Bonchev–Trinajstić information content (AvgIpc) is 2.32. The topological polar surface area (TPSA) is 0 Å². The normalized spacial score (nSPS) is 14.2. The molecule has 0 aromatic heterocycles. The smallest absolute Gasteiger partial charge is 0.0236 e. The van der Waals surface area contributed by atoms with E-state index >= 15 is 0 Å². The molecule has 0 nitrogen and oxygen atoms in total. The molecule has 0 aliphatic carbocycles. The molecule has 0 aromatic rings. The molecule has 0 heterocycles. The highest BCUT2D eigenvalue weighted by atomic mass is 79.9. The predicted octanol–water partition coefficient (Wildman–Crippen LogP) is 8.00. The van der Waals surface area contributed by atoms with Crippen molar-refractivity contribution in [1.29, 1.82) is 0 Å². The Kier molecular flexibility index (Phi) is 9.62. The summed E-state index contributed by atoms with van der Waals surface area (Å²) in [7, 11) is 0. The number of halogens is 1. The molecule has 22 heavy (non-hydrogen) atoms. The highest BCUT2D eigenvalue weighted by Crippen LogP contribution is 2.31. The van der Waals surface area contributed by atoms with E-state index in [1.54, 1.807) is 0 Å². The van der Waals surface area contributed by atoms with E-state index in [1.165, 1.54) is 36.0 Å². The van der Waals surface area contributed by atoms with Crippen LogP contribution in [0.4, 0.5) is 0 Å². The van der Waals surface area contributed by atoms with Gasteiger partial charge in [-0.2, -0.15) is 0 Å². The molecule has 0 aliphatic rings. The van der Waals surface area contributed by atoms with E-state index in [0.29, 0.717) is 5.41 Å². The third-order valence-electron chi connectivity index (χ3n) is 3.79. The van der Waals surface area contributed by atoms with Crippen LogP contribution in [0.5, 0.6) is 0 Å². The van der Waals surface area contributed by atoms with E-state index in [1.807, 2.05) is 0 Å². The molecule has 0 atom stereocenters. The van der Waals surface area contributed by atoms with Gasteiger partial charge in [0.2, 0.25) is 0 Å². The molecule has 0 saturated carbocycles. The van der Waals surface area contributed by atoms with Gasteiger partial charge in [0.1, 0.15) is 0 Å². The maximum atomic E-state index is 3.71. The van der Waals surface area contributed by atoms with Gasteiger partial charge in [-0.1, -0.05) is 64.7 Å². The van der Waals surface area contributed by atoms with E-state index in [9.17, 15) is 0 Å². The monoisotopic (exact) mass is 368 g/mol. The minimum atomic E-state index is 0.208. The summed E-state index contributed by atoms with van der Waals surface area (Å²) < 4.78 is 0.208. The van der Waals surface area contributed by atoms with Crippen molar-refractivity contribution < 1.29 is 0 Å². The second-order valence-electron chi connectivity index (χ2n) is 8.39. The van der Waals surface area contributed by atoms with Crippen molar-refractivity contribution in [3.63, 3.8) is 0 Å². The Labute approximate surface area is 148 Å². The summed E-state index contributed by atoms with van der Waals surface area (Å²) in [5.41, 5.74) is 4.79. The highest BCUT2D eigenvalue weighted by molar-refractivity contribution is 9.10. The number of rotatable bonds is 9. The Balaban J connectivity index is 4.41. The Morgan fingerprint density at radius 2 is 1.36 bits per heavy atom. The summed E-state index contributed by atoms with van der Waals surface area (Å²) >= 11 is 3.71. The van der Waals surface area contributed by atoms with Crippen LogP contribution in [0.15, 0.2) is 34.9 Å². The summed E-state index contributed by atoms with van der Waals surface area (Å²) in [5, 5.41) is 0. The molecule has 0 rings (SSSR count). The summed E-state index contributed by atoms with van der Waals surface area (Å²) in [6.07, 6.45) is 13.0. The van der Waals surface area contributed by atoms with E-state index in [2.05, 4.69) is 89.5 Å². The average molecular weight is 369 g/mol. The number of hydrogen-bond donors (Lipinski definition) is 0. The first-order valence-electron chi connectivity index (χ1n) is 8.55. The van der Waals surface area contributed by atoms with Gasteiger partial charge < -0.3 is 0 Å². The molecule has 1 heteroatoms. The van der Waals surface area contributed by atoms with Crippen LogP contribution in [-0.2, 0) is 0 Å². The molecule has 0 fully saturated rings. The zero-order valence-electron chi connectivity index (χ0n) is 16.1. The highest BCUT2D eigenvalue weighted by Gasteiger charge is 2.18. The molecule has 0 aliphatic heterocycles. The molecule has 0 amide bonds. The lowest BCUT2D eigenvalue weighted by Crippen LogP contribution is -2.12. The van der Waals surface area contributed by atoms with Crippen LogP contribution < -0.4 is 0 Å². The van der Waals surface area contributed by atoms with Gasteiger partial charge in [0.25, 0.3) is 0 Å². The lowest BCUT2D eigenvalue weighted by atomic mass is 9.81. The minimum Gasteiger partial charge on any atom is -0.0856 e. The van der Waals surface area contributed by atoms with Gasteiger partial charge in [0, 0.05) is 4.32 Å². The van der Waals surface area contributed by atoms with Crippen molar-refractivity contribution in [1.82, 2.24) is 0 Å². The molecule has 0 aromatic carbocycles. The standard InChI is InChI=1S/C21H37Br/c1-17(2)10-9-11-18(3)12-14-20(5,6)16-19(4)13-15-21(7,8)22/h10,12-13H,9,11,14-16H2,1-8H3. The zero-order chi connectivity index (χ0) is 17.4. The van der Waals surface area contributed by atoms with Crippen LogP contribution in [0.1, 0.15) is 87.5 Å². The molecular formula is C21H37Br. The first-order valence-corrected chi connectivity index (χ1v) is 9.34. The third kappa shape index (κ3) is 13.4. The van der Waals surface area contributed by atoms with Crippen molar-refractivity contribution in [2.45, 2.75) is 91.8 Å². The SMILES string of the molecule is CC(C)=CCCC(C)=CCC(C)(C)CC(C)=CCC(C)(C)Br. The molecule has 0 saturated heterocycles. The van der Waals surface area contributed by atoms with Crippen molar-refractivity contribution >= 4 is 15.9 Å². The van der Waals surface area contributed by atoms with Crippen LogP contribution >= 0.6 is 15.9 Å². The lowest BCUT2D eigenvalue weighted by molar-refractivity contribution is 0.366. The third-order valence-corrected chi connectivity index (χ3v) is 4.11. The molecule has 0 bridgehead atoms. The quantitative estimate of drug-likeness (QED) is 0.285. The fourth-order valence-corrected chi connectivity index (χ4v) is 2.62. The van der Waals surface area contributed by atoms with Crippen molar-refractivity contribution in [3.05, 3.63) is 34.9 Å². The zero-order valence-corrected chi connectivity index (χ0v) is 17.7. The van der Waals surface area contributed by atoms with Crippen molar-refractivity contribution in [3.8, 4) is 0 Å². The summed E-state index contributed by atoms with van der Waals surface area (Å²) in [6.45, 7) is 18.1. The number of allylic oxidation sites excluding steroid dienone is 6. The summed E-state index contributed by atoms with van der Waals surface area (Å²) in [4.78, 5) is 0. The van der Waals surface area contributed by atoms with Crippen LogP contribution in [0, 0.1) is 5.41 Å². The maximum Gasteiger partial charge on any atom is 0.0236 e. The number of hydrogen-bond acceptors (Lipinski definition) is 0. The van der Waals surface area contributed by atoms with Gasteiger partial charge >= 0.3 is 0 Å². The van der Waals surface area contributed by atoms with Gasteiger partial charge in [0.05, 0.1) is 0 Å². The minimum absolute atomic E-state index is 0.208. The van der Waals surface area contributed by atoms with E-state index < -0.39 is 0 Å². The molecule has 0 unspecified atom stereocenters. The van der Waals surface area contributed by atoms with E-state index in [0.717, 1.165) is 12.8 Å². The summed E-state index contributed by atoms with van der Waals surface area (Å²) in [5.74, 6) is 0. The predicted molar refractivity (Wildman–Crippen MR) is 107 cm³/mol. The first-order chi connectivity index (χ1) is 9.91. The van der Waals surface area contributed by atoms with Crippen molar-refractivity contribution in [2.24, 2.45) is 5.41 Å². The maximum absolute atomic E-state index is 3.71. The lowest BCUT2D eigenvalue weighted by Gasteiger charge is -2.24. The van der Waals surface area contributed by atoms with Gasteiger partial charge in [-0.05, 0) is 79.1 Å². The fraction of sp³-hybridized carbons (Fsp3) is 0.714. The van der Waals surface area contributed by atoms with Crippen LogP contribution in [0.2, 0.25) is 0 Å². The molecule has 0 N–H and O–H groups in total. The van der Waals surface area contributed by atoms with Crippen LogP contribution in [-0.4, -0.2) is 4.32 Å². The van der Waals surface area contributed by atoms with Crippen LogP contribution in [0.25, 0.3) is 0 Å². The molecular weight excluding hydrogens is 332 g/mol. The largest absolute Gasteiger partial charge is 0.0856 e. The van der Waals surface area contributed by atoms with Gasteiger partial charge in [-0.3, -0.25) is 0 Å². The van der Waals surface area contributed by atoms with Gasteiger partial charge in [-0.15, -0.1) is 0 Å². The van der Waals surface area contributed by atoms with Crippen molar-refractivity contribution in [2.75, 3.05) is 0 Å². The molecule has 128 valence electrons. The second-order valence-corrected chi connectivity index (χ2v) is 10.5. The van der Waals surface area contributed by atoms with E-state index in [-0.39, 0.29) is 4.32 Å². The number of alkyl halides is 1. The van der Waals surface area contributed by atoms with Crippen LogP contribution in [0.3, 0.4) is 0 Å². The van der Waals surface area contributed by atoms with E-state index in [4.69, 9.17) is 0 Å². The first kappa shape index (κ1) is 21.7. The summed E-state index contributed by atoms with van der Waals surface area (Å²) in [6, 6.07) is 0. The Morgan fingerprint density at radius 1 is 0.818 bits per heavy atom. The Hall–Kier alpha value is -0.300. The van der Waals surface area contributed by atoms with Gasteiger partial charge in [-0.25, -0.2) is 0 Å². The fourth-order valence-electron chi connectivity index (χ4n) is 2.46. The van der Waals surface area contributed by atoms with Gasteiger partial charge in [0.15, 0.2) is 0 Å². The molecule has 0 radical (unpaired) electrons. The Bertz CT molecular complexity index is 410. The second kappa shape index (κ2) is 9.75.